The van der Waals surface area contributed by atoms with Crippen LogP contribution in [0.1, 0.15) is 41.5 Å². The molecule has 0 atom stereocenters. The molecule has 0 aliphatic rings. The van der Waals surface area contributed by atoms with E-state index in [1.54, 1.807) is 57.3 Å². The second-order valence-electron chi connectivity index (χ2n) is 9.03. The van der Waals surface area contributed by atoms with Gasteiger partial charge in [-0.05, 0) is 74.4 Å². The van der Waals surface area contributed by atoms with E-state index in [0.29, 0.717) is 11.3 Å². The zero-order chi connectivity index (χ0) is 25.0. The Morgan fingerprint density at radius 3 is 2.20 bits per heavy atom. The first kappa shape index (κ1) is 23.7. The van der Waals surface area contributed by atoms with Crippen LogP contribution < -0.4 is 5.32 Å². The molecule has 0 saturated carbocycles. The van der Waals surface area contributed by atoms with Gasteiger partial charge in [0.2, 0.25) is 0 Å². The Balaban J connectivity index is 1.72. The number of nitrogens with zero attached hydrogens (tertiary/aromatic N) is 1. The average Bonchev–Trinajstić information content (AvgIpc) is 2.84. The molecule has 0 spiro atoms. The summed E-state index contributed by atoms with van der Waals surface area (Å²) in [6.07, 6.45) is 1.66. The minimum Gasteiger partial charge on any atom is -0.507 e. The molecule has 0 aliphatic heterocycles. The molecule has 1 amide bonds. The van der Waals surface area contributed by atoms with E-state index in [0.717, 1.165) is 11.1 Å². The zero-order valence-corrected chi connectivity index (χ0v) is 19.8. The van der Waals surface area contributed by atoms with Gasteiger partial charge >= 0.3 is 5.97 Å². The fourth-order valence-corrected chi connectivity index (χ4v) is 3.57. The van der Waals surface area contributed by atoms with E-state index in [1.807, 2.05) is 48.5 Å². The fourth-order valence-electron chi connectivity index (χ4n) is 3.57. The normalized spacial score (nSPS) is 11.1. The molecule has 3 aromatic carbocycles. The molecule has 1 aromatic heterocycles. The summed E-state index contributed by atoms with van der Waals surface area (Å²) in [6.45, 7) is 5.34. The number of phenols is 1. The molecule has 4 aromatic rings. The lowest BCUT2D eigenvalue weighted by atomic mass is 10.0. The van der Waals surface area contributed by atoms with E-state index in [9.17, 15) is 14.7 Å². The molecule has 0 fully saturated rings. The van der Waals surface area contributed by atoms with Crippen molar-refractivity contribution in [3.8, 4) is 28.1 Å². The SMILES string of the molecule is CC(C)(C)OC(=O)c1ccc(-c2ccccc2)cc1NC(=O)c1cc(-c2ccccn2)ccc1O. The van der Waals surface area contributed by atoms with Gasteiger partial charge < -0.3 is 15.2 Å². The molecule has 6 heteroatoms. The minimum atomic E-state index is -0.703. The number of carbonyl (C=O) groups excluding carboxylic acids is 2. The topological polar surface area (TPSA) is 88.5 Å². The van der Waals surface area contributed by atoms with Gasteiger partial charge in [0.15, 0.2) is 0 Å². The lowest BCUT2D eigenvalue weighted by molar-refractivity contribution is 0.00708. The Bertz CT molecular complexity index is 1360. The van der Waals surface area contributed by atoms with Gasteiger partial charge in [-0.2, -0.15) is 0 Å². The summed E-state index contributed by atoms with van der Waals surface area (Å²) in [5.74, 6) is -1.30. The predicted octanol–water partition coefficient (Wildman–Crippen LogP) is 6.33. The van der Waals surface area contributed by atoms with Gasteiger partial charge in [-0.3, -0.25) is 9.78 Å². The Morgan fingerprint density at radius 2 is 1.51 bits per heavy atom. The average molecular weight is 467 g/mol. The van der Waals surface area contributed by atoms with Crippen LogP contribution in [0, 0.1) is 0 Å². The van der Waals surface area contributed by atoms with E-state index in [2.05, 4.69) is 10.3 Å². The largest absolute Gasteiger partial charge is 0.507 e. The summed E-state index contributed by atoms with van der Waals surface area (Å²) in [7, 11) is 0. The number of hydrogen-bond donors (Lipinski definition) is 2. The van der Waals surface area contributed by atoms with Crippen molar-refractivity contribution < 1.29 is 19.4 Å². The second kappa shape index (κ2) is 9.81. The second-order valence-corrected chi connectivity index (χ2v) is 9.03. The third-order valence-electron chi connectivity index (χ3n) is 5.20. The van der Waals surface area contributed by atoms with Crippen molar-refractivity contribution in [3.05, 3.63) is 102 Å². The number of aromatic nitrogens is 1. The molecule has 176 valence electrons. The number of carbonyl (C=O) groups is 2. The minimum absolute atomic E-state index is 0.0633. The van der Waals surface area contributed by atoms with E-state index >= 15 is 0 Å². The standard InChI is InChI=1S/C29H26N2O4/c1-29(2,3)35-28(34)22-14-12-20(19-9-5-4-6-10-19)18-25(22)31-27(33)23-17-21(13-15-26(23)32)24-11-7-8-16-30-24/h4-18,32H,1-3H3,(H,31,33). The summed E-state index contributed by atoms with van der Waals surface area (Å²) in [5, 5.41) is 13.2. The van der Waals surface area contributed by atoms with E-state index in [4.69, 9.17) is 4.74 Å². The highest BCUT2D eigenvalue weighted by Gasteiger charge is 2.23. The van der Waals surface area contributed by atoms with Crippen molar-refractivity contribution >= 4 is 17.6 Å². The highest BCUT2D eigenvalue weighted by Crippen LogP contribution is 2.30. The van der Waals surface area contributed by atoms with Crippen molar-refractivity contribution in [1.82, 2.24) is 4.98 Å². The number of phenolic OH excluding ortho intramolecular Hbond substituents is 1. The van der Waals surface area contributed by atoms with Gasteiger partial charge in [-0.1, -0.05) is 42.5 Å². The molecular weight excluding hydrogens is 440 g/mol. The number of ether oxygens (including phenoxy) is 1. The number of hydrogen-bond acceptors (Lipinski definition) is 5. The third-order valence-corrected chi connectivity index (χ3v) is 5.20. The highest BCUT2D eigenvalue weighted by molar-refractivity contribution is 6.10. The van der Waals surface area contributed by atoms with E-state index in [-0.39, 0.29) is 22.6 Å². The number of anilines is 1. The third kappa shape index (κ3) is 5.73. The number of rotatable bonds is 5. The summed E-state index contributed by atoms with van der Waals surface area (Å²) in [5.41, 5.74) is 2.96. The molecule has 0 unspecified atom stereocenters. The van der Waals surface area contributed by atoms with Crippen molar-refractivity contribution in [2.75, 3.05) is 5.32 Å². The molecule has 0 bridgehead atoms. The number of esters is 1. The smallest absolute Gasteiger partial charge is 0.340 e. The van der Waals surface area contributed by atoms with Crippen LogP contribution in [-0.4, -0.2) is 27.6 Å². The Morgan fingerprint density at radius 1 is 0.800 bits per heavy atom. The summed E-state index contributed by atoms with van der Waals surface area (Å²) in [4.78, 5) is 30.5. The summed E-state index contributed by atoms with van der Waals surface area (Å²) < 4.78 is 5.55. The quantitative estimate of drug-likeness (QED) is 0.336. The van der Waals surface area contributed by atoms with Crippen molar-refractivity contribution in [1.29, 1.82) is 0 Å². The van der Waals surface area contributed by atoms with Crippen molar-refractivity contribution in [2.24, 2.45) is 0 Å². The molecule has 0 aliphatic carbocycles. The first-order valence-electron chi connectivity index (χ1n) is 11.2. The number of nitrogens with one attached hydrogen (secondary N) is 1. The molecule has 0 saturated heterocycles. The van der Waals surface area contributed by atoms with Gasteiger partial charge in [0.25, 0.3) is 5.91 Å². The monoisotopic (exact) mass is 466 g/mol. The number of aromatic hydroxyl groups is 1. The van der Waals surface area contributed by atoms with Crippen LogP contribution >= 0.6 is 0 Å². The lowest BCUT2D eigenvalue weighted by Crippen LogP contribution is -2.25. The maximum absolute atomic E-state index is 13.3. The Kier molecular flexibility index (Phi) is 6.64. The number of amides is 1. The summed E-state index contributed by atoms with van der Waals surface area (Å²) in [6, 6.07) is 25.0. The highest BCUT2D eigenvalue weighted by atomic mass is 16.6. The van der Waals surface area contributed by atoms with Gasteiger partial charge in [-0.15, -0.1) is 0 Å². The van der Waals surface area contributed by atoms with Crippen LogP contribution in [0.15, 0.2) is 91.1 Å². The molecule has 35 heavy (non-hydrogen) atoms. The molecule has 6 nitrogen and oxygen atoms in total. The first-order chi connectivity index (χ1) is 16.7. The first-order valence-corrected chi connectivity index (χ1v) is 11.2. The van der Waals surface area contributed by atoms with E-state index in [1.165, 1.54) is 6.07 Å². The predicted molar refractivity (Wildman–Crippen MR) is 136 cm³/mol. The van der Waals surface area contributed by atoms with Crippen LogP contribution in [0.5, 0.6) is 5.75 Å². The molecular formula is C29H26N2O4. The van der Waals surface area contributed by atoms with Gasteiger partial charge in [0.1, 0.15) is 11.4 Å². The van der Waals surface area contributed by atoms with Crippen molar-refractivity contribution in [2.45, 2.75) is 26.4 Å². The van der Waals surface area contributed by atoms with E-state index < -0.39 is 17.5 Å². The van der Waals surface area contributed by atoms with Gasteiger partial charge in [-0.25, -0.2) is 4.79 Å². The lowest BCUT2D eigenvalue weighted by Gasteiger charge is -2.21. The van der Waals surface area contributed by atoms with Crippen LogP contribution in [0.4, 0.5) is 5.69 Å². The Labute approximate surface area is 204 Å². The van der Waals surface area contributed by atoms with Crippen LogP contribution in [0.3, 0.4) is 0 Å². The molecule has 0 radical (unpaired) electrons. The molecule has 4 rings (SSSR count). The summed E-state index contributed by atoms with van der Waals surface area (Å²) >= 11 is 0. The number of pyridine rings is 1. The fraction of sp³-hybridized carbons (Fsp3) is 0.138. The van der Waals surface area contributed by atoms with Crippen LogP contribution in [0.25, 0.3) is 22.4 Å². The Hall–Kier alpha value is -4.45. The maximum Gasteiger partial charge on any atom is 0.340 e. The van der Waals surface area contributed by atoms with Gasteiger partial charge in [0.05, 0.1) is 22.5 Å². The maximum atomic E-state index is 13.3. The van der Waals surface area contributed by atoms with Crippen LogP contribution in [-0.2, 0) is 4.74 Å². The molecule has 2 N–H and O–H groups in total. The van der Waals surface area contributed by atoms with Crippen LogP contribution in [0.2, 0.25) is 0 Å². The van der Waals surface area contributed by atoms with Gasteiger partial charge in [0, 0.05) is 11.8 Å². The molecule has 1 heterocycles. The zero-order valence-electron chi connectivity index (χ0n) is 19.8. The number of benzene rings is 3. The van der Waals surface area contributed by atoms with Crippen molar-refractivity contribution in [3.63, 3.8) is 0 Å².